The van der Waals surface area contributed by atoms with E-state index in [9.17, 15) is 0 Å². The Morgan fingerprint density at radius 1 is 1.00 bits per heavy atom. The fourth-order valence-electron chi connectivity index (χ4n) is 3.32. The quantitative estimate of drug-likeness (QED) is 0.413. The molecule has 1 aliphatic carbocycles. The summed E-state index contributed by atoms with van der Waals surface area (Å²) in [4.78, 5) is 0. The van der Waals surface area contributed by atoms with Crippen LogP contribution in [0.25, 0.3) is 0 Å². The molecule has 0 spiro atoms. The van der Waals surface area contributed by atoms with Gasteiger partial charge in [-0.25, -0.2) is 0 Å². The third kappa shape index (κ3) is 6.94. The summed E-state index contributed by atoms with van der Waals surface area (Å²) >= 11 is 0. The normalized spacial score (nSPS) is 24.2. The van der Waals surface area contributed by atoms with Crippen molar-refractivity contribution >= 4 is 0 Å². The number of rotatable bonds is 11. The van der Waals surface area contributed by atoms with Gasteiger partial charge in [-0.1, -0.05) is 38.7 Å². The summed E-state index contributed by atoms with van der Waals surface area (Å²) in [6.07, 6.45) is 9.73. The molecule has 0 aliphatic heterocycles. The molecule has 0 aromatic carbocycles. The minimum absolute atomic E-state index is 0.135. The highest BCUT2D eigenvalue weighted by molar-refractivity contribution is 4.89. The van der Waals surface area contributed by atoms with Gasteiger partial charge in [0.2, 0.25) is 0 Å². The average molecular weight is 298 g/mol. The van der Waals surface area contributed by atoms with E-state index in [4.69, 9.17) is 14.2 Å². The Morgan fingerprint density at radius 3 is 2.10 bits per heavy atom. The molecule has 124 valence electrons. The second kappa shape index (κ2) is 11.2. The lowest BCUT2D eigenvalue weighted by Gasteiger charge is -2.33. The summed E-state index contributed by atoms with van der Waals surface area (Å²) in [6.45, 7) is 12.0. The number of hydrogen-bond donors (Lipinski definition) is 0. The molecule has 1 saturated carbocycles. The summed E-state index contributed by atoms with van der Waals surface area (Å²) < 4.78 is 17.1. The van der Waals surface area contributed by atoms with E-state index in [2.05, 4.69) is 13.5 Å². The van der Waals surface area contributed by atoms with E-state index in [1.807, 2.05) is 19.9 Å². The summed E-state index contributed by atoms with van der Waals surface area (Å²) in [7, 11) is 0. The van der Waals surface area contributed by atoms with E-state index in [1.54, 1.807) is 0 Å². The van der Waals surface area contributed by atoms with Crippen LogP contribution in [0.1, 0.15) is 59.3 Å². The fourth-order valence-corrected chi connectivity index (χ4v) is 3.32. The van der Waals surface area contributed by atoms with E-state index in [1.165, 1.54) is 38.5 Å². The first-order chi connectivity index (χ1) is 10.2. The van der Waals surface area contributed by atoms with Crippen LogP contribution in [0.4, 0.5) is 0 Å². The molecule has 3 heteroatoms. The van der Waals surface area contributed by atoms with Crippen LogP contribution in [0.5, 0.6) is 0 Å². The third-order valence-electron chi connectivity index (χ3n) is 4.42. The zero-order chi connectivity index (χ0) is 15.5. The van der Waals surface area contributed by atoms with Crippen molar-refractivity contribution in [1.82, 2.24) is 0 Å². The van der Waals surface area contributed by atoms with Gasteiger partial charge >= 0.3 is 0 Å². The first-order valence-corrected chi connectivity index (χ1v) is 8.72. The predicted molar refractivity (Wildman–Crippen MR) is 87.3 cm³/mol. The van der Waals surface area contributed by atoms with Gasteiger partial charge in [0.05, 0.1) is 12.7 Å². The molecular formula is C18H34O3. The Morgan fingerprint density at radius 2 is 1.62 bits per heavy atom. The topological polar surface area (TPSA) is 27.7 Å². The van der Waals surface area contributed by atoms with Gasteiger partial charge in [0.25, 0.3) is 0 Å². The second-order valence-corrected chi connectivity index (χ2v) is 5.94. The Balaban J connectivity index is 2.35. The molecule has 0 aromatic rings. The van der Waals surface area contributed by atoms with E-state index in [-0.39, 0.29) is 12.4 Å². The standard InChI is InChI=1S/C18H34O3/c1-5-9-15-10-12-16(13-11-15)17(6-2)21-14-18(19-7-3)20-8-4/h6,15-18H,2,5,7-14H2,1,3-4H3. The lowest BCUT2D eigenvalue weighted by Crippen LogP contribution is -2.31. The SMILES string of the molecule is C=CC(OCC(OCC)OCC)C1CCC(CCC)CC1. The minimum Gasteiger partial charge on any atom is -0.369 e. The lowest BCUT2D eigenvalue weighted by molar-refractivity contribution is -0.176. The second-order valence-electron chi connectivity index (χ2n) is 5.94. The molecule has 21 heavy (non-hydrogen) atoms. The van der Waals surface area contributed by atoms with E-state index in [0.29, 0.717) is 25.7 Å². The van der Waals surface area contributed by atoms with Gasteiger partial charge in [-0.05, 0) is 38.5 Å². The Hall–Kier alpha value is -0.380. The van der Waals surface area contributed by atoms with Gasteiger partial charge in [0.15, 0.2) is 6.29 Å². The smallest absolute Gasteiger partial charge is 0.180 e. The highest BCUT2D eigenvalue weighted by Gasteiger charge is 2.27. The summed E-state index contributed by atoms with van der Waals surface area (Å²) in [5.41, 5.74) is 0. The van der Waals surface area contributed by atoms with Crippen LogP contribution >= 0.6 is 0 Å². The van der Waals surface area contributed by atoms with Crippen molar-refractivity contribution in [3.05, 3.63) is 12.7 Å². The molecule has 1 aliphatic rings. The molecule has 0 N–H and O–H groups in total. The van der Waals surface area contributed by atoms with Crippen LogP contribution in [-0.4, -0.2) is 32.2 Å². The molecule has 0 heterocycles. The molecule has 0 saturated heterocycles. The first-order valence-electron chi connectivity index (χ1n) is 8.72. The zero-order valence-electron chi connectivity index (χ0n) is 14.2. The lowest BCUT2D eigenvalue weighted by atomic mass is 9.78. The molecular weight excluding hydrogens is 264 g/mol. The van der Waals surface area contributed by atoms with Gasteiger partial charge in [-0.3, -0.25) is 0 Å². The highest BCUT2D eigenvalue weighted by Crippen LogP contribution is 2.34. The molecule has 1 fully saturated rings. The van der Waals surface area contributed by atoms with Crippen molar-refractivity contribution < 1.29 is 14.2 Å². The minimum atomic E-state index is -0.251. The molecule has 0 aromatic heterocycles. The summed E-state index contributed by atoms with van der Waals surface area (Å²) in [5, 5.41) is 0. The Kier molecular flexibility index (Phi) is 9.98. The molecule has 1 unspecified atom stereocenters. The predicted octanol–water partition coefficient (Wildman–Crippen LogP) is 4.56. The summed E-state index contributed by atoms with van der Waals surface area (Å²) in [6, 6.07) is 0. The summed E-state index contributed by atoms with van der Waals surface area (Å²) in [5.74, 6) is 1.54. The number of ether oxygens (including phenoxy) is 3. The first kappa shape index (κ1) is 18.7. The average Bonchev–Trinajstić information content (AvgIpc) is 2.50. The van der Waals surface area contributed by atoms with Crippen LogP contribution in [-0.2, 0) is 14.2 Å². The van der Waals surface area contributed by atoms with Crippen molar-refractivity contribution in [2.75, 3.05) is 19.8 Å². The molecule has 0 radical (unpaired) electrons. The van der Waals surface area contributed by atoms with Crippen molar-refractivity contribution in [3.8, 4) is 0 Å². The maximum absolute atomic E-state index is 6.03. The van der Waals surface area contributed by atoms with E-state index < -0.39 is 0 Å². The largest absolute Gasteiger partial charge is 0.369 e. The van der Waals surface area contributed by atoms with Crippen LogP contribution in [0.15, 0.2) is 12.7 Å². The molecule has 0 amide bonds. The van der Waals surface area contributed by atoms with Crippen molar-refractivity contribution in [2.24, 2.45) is 11.8 Å². The zero-order valence-corrected chi connectivity index (χ0v) is 14.2. The van der Waals surface area contributed by atoms with E-state index in [0.717, 1.165) is 5.92 Å². The van der Waals surface area contributed by atoms with Crippen LogP contribution in [0, 0.1) is 11.8 Å². The molecule has 1 rings (SSSR count). The van der Waals surface area contributed by atoms with Crippen LogP contribution in [0.2, 0.25) is 0 Å². The Labute approximate surface area is 131 Å². The van der Waals surface area contributed by atoms with Gasteiger partial charge in [-0.2, -0.15) is 0 Å². The van der Waals surface area contributed by atoms with Crippen molar-refractivity contribution in [2.45, 2.75) is 71.7 Å². The van der Waals surface area contributed by atoms with Crippen LogP contribution < -0.4 is 0 Å². The maximum Gasteiger partial charge on any atom is 0.180 e. The van der Waals surface area contributed by atoms with E-state index >= 15 is 0 Å². The monoisotopic (exact) mass is 298 g/mol. The van der Waals surface area contributed by atoms with Crippen LogP contribution in [0.3, 0.4) is 0 Å². The van der Waals surface area contributed by atoms with Crippen molar-refractivity contribution in [3.63, 3.8) is 0 Å². The number of hydrogen-bond acceptors (Lipinski definition) is 3. The molecule has 1 atom stereocenters. The van der Waals surface area contributed by atoms with Gasteiger partial charge < -0.3 is 14.2 Å². The highest BCUT2D eigenvalue weighted by atomic mass is 16.7. The third-order valence-corrected chi connectivity index (χ3v) is 4.42. The van der Waals surface area contributed by atoms with Crippen molar-refractivity contribution in [1.29, 1.82) is 0 Å². The maximum atomic E-state index is 6.03. The van der Waals surface area contributed by atoms with Gasteiger partial charge in [0.1, 0.15) is 0 Å². The van der Waals surface area contributed by atoms with Gasteiger partial charge in [-0.15, -0.1) is 6.58 Å². The van der Waals surface area contributed by atoms with Gasteiger partial charge in [0, 0.05) is 13.2 Å². The Bertz CT molecular complexity index is 253. The molecule has 3 nitrogen and oxygen atoms in total. The molecule has 0 bridgehead atoms. The fraction of sp³-hybridized carbons (Fsp3) is 0.889.